The minimum Gasteiger partial charge on any atom is -0.475 e. The van der Waals surface area contributed by atoms with Crippen LogP contribution in [0.4, 0.5) is 37.8 Å². The molecule has 5 rings (SSSR count). The van der Waals surface area contributed by atoms with E-state index >= 15 is 0 Å². The third-order valence-electron chi connectivity index (χ3n) is 5.89. The molecule has 4 aromatic rings. The van der Waals surface area contributed by atoms with E-state index in [1.807, 2.05) is 36.4 Å². The number of aliphatic carboxylic acids is 1. The molecule has 0 bridgehead atoms. The number of hydrogen-bond acceptors (Lipinski definition) is 5. The van der Waals surface area contributed by atoms with Crippen molar-refractivity contribution < 1.29 is 41.0 Å². The SMILES string of the molecule is O=C(Nc1ccc(N2CCC2)nc1)c1cc2nc(C(F)(F)F)ccc2n1Cc1ccccc1.O=C(O)C(F)(F)F. The zero-order chi connectivity index (χ0) is 29.1. The molecule has 0 unspecified atom stereocenters. The smallest absolute Gasteiger partial charge is 0.475 e. The number of amides is 1. The number of carboxylic acids is 1. The van der Waals surface area contributed by atoms with E-state index in [0.717, 1.165) is 37.0 Å². The first-order valence-corrected chi connectivity index (χ1v) is 11.8. The maximum Gasteiger partial charge on any atom is 0.490 e. The van der Waals surface area contributed by atoms with Crippen LogP contribution in [0.25, 0.3) is 11.0 Å². The Morgan fingerprint density at radius 2 is 1.62 bits per heavy atom. The Balaban J connectivity index is 0.000000470. The average Bonchev–Trinajstić information content (AvgIpc) is 3.22. The van der Waals surface area contributed by atoms with Gasteiger partial charge in [-0.15, -0.1) is 0 Å². The summed E-state index contributed by atoms with van der Waals surface area (Å²) < 4.78 is 72.9. The van der Waals surface area contributed by atoms with Crippen LogP contribution < -0.4 is 10.2 Å². The van der Waals surface area contributed by atoms with Crippen LogP contribution in [-0.2, 0) is 17.5 Å². The van der Waals surface area contributed by atoms with Crippen molar-refractivity contribution in [1.82, 2.24) is 14.5 Å². The van der Waals surface area contributed by atoms with E-state index in [1.165, 1.54) is 12.1 Å². The molecule has 2 N–H and O–H groups in total. The molecule has 8 nitrogen and oxygen atoms in total. The fourth-order valence-corrected chi connectivity index (χ4v) is 3.81. The molecule has 1 amide bonds. The van der Waals surface area contributed by atoms with Crippen LogP contribution in [0.3, 0.4) is 0 Å². The monoisotopic (exact) mass is 565 g/mol. The predicted molar refractivity (Wildman–Crippen MR) is 133 cm³/mol. The van der Waals surface area contributed by atoms with Crippen LogP contribution in [0.1, 0.15) is 28.2 Å². The first kappa shape index (κ1) is 28.4. The van der Waals surface area contributed by atoms with Gasteiger partial charge < -0.3 is 19.9 Å². The Labute approximate surface area is 222 Å². The average molecular weight is 565 g/mol. The Morgan fingerprint density at radius 3 is 2.15 bits per heavy atom. The molecule has 0 saturated carbocycles. The van der Waals surface area contributed by atoms with E-state index in [2.05, 4.69) is 20.2 Å². The lowest BCUT2D eigenvalue weighted by molar-refractivity contribution is -0.192. The number of pyridine rings is 2. The number of carboxylic acid groups (broad SMARTS) is 1. The molecule has 4 heterocycles. The fourth-order valence-electron chi connectivity index (χ4n) is 3.81. The van der Waals surface area contributed by atoms with Gasteiger partial charge in [-0.05, 0) is 42.3 Å². The molecule has 0 aliphatic carbocycles. The van der Waals surface area contributed by atoms with E-state index in [9.17, 15) is 31.1 Å². The van der Waals surface area contributed by atoms with Gasteiger partial charge in [0, 0.05) is 19.6 Å². The summed E-state index contributed by atoms with van der Waals surface area (Å²) in [5, 5.41) is 9.93. The molecule has 3 aromatic heterocycles. The minimum atomic E-state index is -5.08. The molecule has 0 radical (unpaired) electrons. The number of anilines is 2. The molecule has 0 spiro atoms. The van der Waals surface area contributed by atoms with E-state index < -0.39 is 29.9 Å². The van der Waals surface area contributed by atoms with Crippen LogP contribution in [-0.4, -0.2) is 50.8 Å². The van der Waals surface area contributed by atoms with Crippen LogP contribution >= 0.6 is 0 Å². The molecule has 1 saturated heterocycles. The van der Waals surface area contributed by atoms with Gasteiger partial charge in [0.25, 0.3) is 5.91 Å². The second-order valence-electron chi connectivity index (χ2n) is 8.70. The number of alkyl halides is 6. The summed E-state index contributed by atoms with van der Waals surface area (Å²) in [7, 11) is 0. The number of halogens is 6. The molecule has 40 heavy (non-hydrogen) atoms. The van der Waals surface area contributed by atoms with Crippen molar-refractivity contribution in [1.29, 1.82) is 0 Å². The zero-order valence-electron chi connectivity index (χ0n) is 20.5. The van der Waals surface area contributed by atoms with Crippen molar-refractivity contribution in [3.8, 4) is 0 Å². The van der Waals surface area contributed by atoms with Gasteiger partial charge in [0.15, 0.2) is 0 Å². The lowest BCUT2D eigenvalue weighted by Gasteiger charge is -2.31. The fraction of sp³-hybridized carbons (Fsp3) is 0.231. The molecule has 0 atom stereocenters. The molecule has 1 aliphatic rings. The highest BCUT2D eigenvalue weighted by Gasteiger charge is 2.38. The van der Waals surface area contributed by atoms with Crippen molar-refractivity contribution in [3.63, 3.8) is 0 Å². The Morgan fingerprint density at radius 1 is 0.950 bits per heavy atom. The number of aromatic nitrogens is 3. The number of nitrogens with zero attached hydrogens (tertiary/aromatic N) is 4. The maximum atomic E-state index is 13.2. The van der Waals surface area contributed by atoms with Crippen molar-refractivity contribution in [2.45, 2.75) is 25.3 Å². The Kier molecular flexibility index (Phi) is 7.98. The van der Waals surface area contributed by atoms with E-state index in [4.69, 9.17) is 9.90 Å². The predicted octanol–water partition coefficient (Wildman–Crippen LogP) is 5.59. The number of carbonyl (C=O) groups excluding carboxylic acids is 1. The first-order chi connectivity index (χ1) is 18.8. The van der Waals surface area contributed by atoms with E-state index in [1.54, 1.807) is 16.8 Å². The number of rotatable bonds is 5. The lowest BCUT2D eigenvalue weighted by Crippen LogP contribution is -2.37. The van der Waals surface area contributed by atoms with Gasteiger partial charge in [0.2, 0.25) is 0 Å². The largest absolute Gasteiger partial charge is 0.490 e. The highest BCUT2D eigenvalue weighted by molar-refractivity contribution is 6.06. The summed E-state index contributed by atoms with van der Waals surface area (Å²) in [6, 6.07) is 16.7. The van der Waals surface area contributed by atoms with Crippen molar-refractivity contribution >= 4 is 34.4 Å². The van der Waals surface area contributed by atoms with E-state index in [-0.39, 0.29) is 11.2 Å². The normalized spacial score (nSPS) is 13.3. The van der Waals surface area contributed by atoms with Crippen LogP contribution in [0.2, 0.25) is 0 Å². The Hall–Kier alpha value is -4.62. The summed E-state index contributed by atoms with van der Waals surface area (Å²) in [5.41, 5.74) is 1.19. The summed E-state index contributed by atoms with van der Waals surface area (Å²) >= 11 is 0. The lowest BCUT2D eigenvalue weighted by atomic mass is 10.2. The number of hydrogen-bond donors (Lipinski definition) is 2. The van der Waals surface area contributed by atoms with Crippen molar-refractivity contribution in [3.05, 3.63) is 83.8 Å². The highest BCUT2D eigenvalue weighted by Crippen LogP contribution is 2.30. The molecule has 14 heteroatoms. The third kappa shape index (κ3) is 6.68. The quantitative estimate of drug-likeness (QED) is 0.306. The minimum absolute atomic E-state index is 0.108. The molecule has 210 valence electrons. The number of fused-ring (bicyclic) bond motifs is 1. The summed E-state index contributed by atoms with van der Waals surface area (Å²) in [5.74, 6) is -2.36. The van der Waals surface area contributed by atoms with Gasteiger partial charge in [-0.25, -0.2) is 14.8 Å². The Bertz CT molecular complexity index is 1500. The molecular weight excluding hydrogens is 544 g/mol. The van der Waals surface area contributed by atoms with Gasteiger partial charge in [-0.3, -0.25) is 4.79 Å². The second-order valence-corrected chi connectivity index (χ2v) is 8.70. The molecule has 1 aliphatic heterocycles. The summed E-state index contributed by atoms with van der Waals surface area (Å²) in [6.45, 7) is 2.24. The van der Waals surface area contributed by atoms with Crippen molar-refractivity contribution in [2.24, 2.45) is 0 Å². The van der Waals surface area contributed by atoms with Gasteiger partial charge in [0.1, 0.15) is 17.2 Å². The van der Waals surface area contributed by atoms with Crippen molar-refractivity contribution in [2.75, 3.05) is 23.3 Å². The van der Waals surface area contributed by atoms with Gasteiger partial charge in [-0.2, -0.15) is 26.3 Å². The summed E-state index contributed by atoms with van der Waals surface area (Å²) in [6.07, 6.45) is -6.94. The van der Waals surface area contributed by atoms with Crippen LogP contribution in [0.15, 0.2) is 66.9 Å². The summed E-state index contributed by atoms with van der Waals surface area (Å²) in [4.78, 5) is 32.3. The van der Waals surface area contributed by atoms with Crippen LogP contribution in [0.5, 0.6) is 0 Å². The van der Waals surface area contributed by atoms with E-state index in [0.29, 0.717) is 17.7 Å². The highest BCUT2D eigenvalue weighted by atomic mass is 19.4. The number of benzene rings is 1. The zero-order valence-corrected chi connectivity index (χ0v) is 20.5. The van der Waals surface area contributed by atoms with Gasteiger partial charge in [0.05, 0.1) is 22.9 Å². The van der Waals surface area contributed by atoms with Gasteiger partial charge in [-0.1, -0.05) is 30.3 Å². The number of nitrogens with one attached hydrogen (secondary N) is 1. The topological polar surface area (TPSA) is 100 Å². The standard InChI is InChI=1S/C24H20F3N5O.C2HF3O2/c25-24(26,27)21-9-8-19-18(30-21)13-20(32(19)15-16-5-2-1-3-6-16)23(33)29-17-7-10-22(28-14-17)31-11-4-12-31;3-2(4,5)1(6)7/h1-3,5-10,13-14H,4,11-12,15H2,(H,29,33);(H,6,7). The molecule has 1 fully saturated rings. The molecule has 1 aromatic carbocycles. The maximum absolute atomic E-state index is 13.2. The second kappa shape index (κ2) is 11.2. The first-order valence-electron chi connectivity index (χ1n) is 11.8. The number of carbonyl (C=O) groups is 2. The third-order valence-corrected chi connectivity index (χ3v) is 5.89. The van der Waals surface area contributed by atoms with Crippen LogP contribution in [0, 0.1) is 0 Å². The molecular formula is C26H21F6N5O3. The van der Waals surface area contributed by atoms with Gasteiger partial charge >= 0.3 is 18.3 Å².